The third-order valence-electron chi connectivity index (χ3n) is 4.28. The molecule has 1 aromatic heterocycles. The van der Waals surface area contributed by atoms with Gasteiger partial charge in [0, 0.05) is 7.05 Å². The van der Waals surface area contributed by atoms with Crippen LogP contribution in [-0.4, -0.2) is 29.1 Å². The predicted octanol–water partition coefficient (Wildman–Crippen LogP) is 1.35. The molecule has 0 aliphatic rings. The minimum atomic E-state index is -0.783. The zero-order valence-corrected chi connectivity index (χ0v) is 15.6. The Labute approximate surface area is 165 Å². The van der Waals surface area contributed by atoms with Crippen molar-refractivity contribution in [2.45, 2.75) is 6.54 Å². The SMILES string of the molecule is CN(C(=O)COc1ccc(F)cc1)c1c(N)n(Cc2ccccc2)c(=O)[nH]c1=O. The van der Waals surface area contributed by atoms with Gasteiger partial charge in [0.1, 0.15) is 17.4 Å². The van der Waals surface area contributed by atoms with E-state index in [9.17, 15) is 18.8 Å². The molecule has 3 N–H and O–H groups in total. The maximum Gasteiger partial charge on any atom is 0.330 e. The van der Waals surface area contributed by atoms with E-state index in [1.807, 2.05) is 30.3 Å². The Morgan fingerprint density at radius 1 is 1.14 bits per heavy atom. The van der Waals surface area contributed by atoms with Gasteiger partial charge in [0.05, 0.1) is 6.54 Å². The second-order valence-corrected chi connectivity index (χ2v) is 6.26. The van der Waals surface area contributed by atoms with E-state index in [4.69, 9.17) is 10.5 Å². The minimum absolute atomic E-state index is 0.128. The van der Waals surface area contributed by atoms with Crippen molar-refractivity contribution in [2.75, 3.05) is 24.3 Å². The molecule has 0 aliphatic carbocycles. The maximum atomic E-state index is 12.9. The number of hydrogen-bond donors (Lipinski definition) is 2. The molecular weight excluding hydrogens is 379 g/mol. The number of likely N-dealkylation sites (N-methyl/N-ethyl adjacent to an activating group) is 1. The Balaban J connectivity index is 1.83. The van der Waals surface area contributed by atoms with Gasteiger partial charge in [0.2, 0.25) is 0 Å². The number of anilines is 2. The van der Waals surface area contributed by atoms with Gasteiger partial charge in [-0.3, -0.25) is 19.1 Å². The molecule has 3 rings (SSSR count). The number of rotatable bonds is 6. The van der Waals surface area contributed by atoms with Crippen molar-refractivity contribution >= 4 is 17.4 Å². The number of nitrogens with one attached hydrogen (secondary N) is 1. The first-order valence-electron chi connectivity index (χ1n) is 8.68. The highest BCUT2D eigenvalue weighted by atomic mass is 19.1. The number of aromatic nitrogens is 2. The van der Waals surface area contributed by atoms with E-state index in [1.165, 1.54) is 35.9 Å². The van der Waals surface area contributed by atoms with Crippen LogP contribution in [0.3, 0.4) is 0 Å². The van der Waals surface area contributed by atoms with Gasteiger partial charge < -0.3 is 15.4 Å². The Morgan fingerprint density at radius 3 is 2.45 bits per heavy atom. The van der Waals surface area contributed by atoms with Gasteiger partial charge in [-0.05, 0) is 29.8 Å². The Morgan fingerprint density at radius 2 is 1.79 bits per heavy atom. The fourth-order valence-electron chi connectivity index (χ4n) is 2.72. The number of ether oxygens (including phenoxy) is 1. The van der Waals surface area contributed by atoms with Crippen molar-refractivity contribution in [1.29, 1.82) is 0 Å². The van der Waals surface area contributed by atoms with Crippen LogP contribution in [0.5, 0.6) is 5.75 Å². The summed E-state index contributed by atoms with van der Waals surface area (Å²) in [5, 5.41) is 0. The molecule has 0 unspecified atom stereocenters. The third kappa shape index (κ3) is 4.52. The first kappa shape index (κ1) is 19.9. The molecule has 150 valence electrons. The zero-order chi connectivity index (χ0) is 21.0. The number of benzene rings is 2. The van der Waals surface area contributed by atoms with Gasteiger partial charge in [-0.2, -0.15) is 0 Å². The lowest BCUT2D eigenvalue weighted by Crippen LogP contribution is -2.41. The van der Waals surface area contributed by atoms with Crippen LogP contribution in [0.1, 0.15) is 5.56 Å². The van der Waals surface area contributed by atoms with Crippen LogP contribution >= 0.6 is 0 Å². The van der Waals surface area contributed by atoms with Crippen LogP contribution in [-0.2, 0) is 11.3 Å². The summed E-state index contributed by atoms with van der Waals surface area (Å²) in [6.45, 7) is -0.276. The number of carbonyl (C=O) groups is 1. The lowest BCUT2D eigenvalue weighted by Gasteiger charge is -2.20. The zero-order valence-electron chi connectivity index (χ0n) is 15.6. The number of aromatic amines is 1. The number of H-pyrrole nitrogens is 1. The van der Waals surface area contributed by atoms with E-state index in [1.54, 1.807) is 0 Å². The van der Waals surface area contributed by atoms with Gasteiger partial charge in [-0.15, -0.1) is 0 Å². The van der Waals surface area contributed by atoms with Crippen molar-refractivity contribution in [3.8, 4) is 5.75 Å². The quantitative estimate of drug-likeness (QED) is 0.651. The number of nitrogens with two attached hydrogens (primary N) is 1. The first-order chi connectivity index (χ1) is 13.9. The number of halogens is 1. The summed E-state index contributed by atoms with van der Waals surface area (Å²) in [5.74, 6) is -0.846. The third-order valence-corrected chi connectivity index (χ3v) is 4.28. The maximum absolute atomic E-state index is 12.9. The first-order valence-corrected chi connectivity index (χ1v) is 8.68. The summed E-state index contributed by atoms with van der Waals surface area (Å²) in [6.07, 6.45) is 0. The van der Waals surface area contributed by atoms with Gasteiger partial charge in [-0.1, -0.05) is 30.3 Å². The number of hydrogen-bond acceptors (Lipinski definition) is 5. The van der Waals surface area contributed by atoms with E-state index in [0.717, 1.165) is 10.5 Å². The van der Waals surface area contributed by atoms with Crippen LogP contribution in [0.25, 0.3) is 0 Å². The van der Waals surface area contributed by atoms with E-state index in [0.29, 0.717) is 5.75 Å². The fourth-order valence-corrected chi connectivity index (χ4v) is 2.72. The van der Waals surface area contributed by atoms with Gasteiger partial charge in [-0.25, -0.2) is 9.18 Å². The van der Waals surface area contributed by atoms with Crippen molar-refractivity contribution in [2.24, 2.45) is 0 Å². The molecule has 0 radical (unpaired) electrons. The largest absolute Gasteiger partial charge is 0.484 e. The van der Waals surface area contributed by atoms with E-state index >= 15 is 0 Å². The van der Waals surface area contributed by atoms with E-state index in [2.05, 4.69) is 4.98 Å². The topological polar surface area (TPSA) is 110 Å². The van der Waals surface area contributed by atoms with Crippen molar-refractivity contribution < 1.29 is 13.9 Å². The normalized spacial score (nSPS) is 10.6. The molecule has 0 bridgehead atoms. The lowest BCUT2D eigenvalue weighted by molar-refractivity contribution is -0.120. The molecule has 1 heterocycles. The molecule has 0 fully saturated rings. The lowest BCUT2D eigenvalue weighted by atomic mass is 10.2. The van der Waals surface area contributed by atoms with Crippen LogP contribution in [0.15, 0.2) is 64.2 Å². The molecule has 0 atom stereocenters. The van der Waals surface area contributed by atoms with Crippen molar-refractivity contribution in [3.63, 3.8) is 0 Å². The van der Waals surface area contributed by atoms with Gasteiger partial charge in [0.15, 0.2) is 12.3 Å². The summed E-state index contributed by atoms with van der Waals surface area (Å²) >= 11 is 0. The molecule has 2 aromatic carbocycles. The van der Waals surface area contributed by atoms with E-state index in [-0.39, 0.29) is 18.1 Å². The minimum Gasteiger partial charge on any atom is -0.484 e. The van der Waals surface area contributed by atoms with Gasteiger partial charge in [0.25, 0.3) is 11.5 Å². The Hall–Kier alpha value is -3.88. The van der Waals surface area contributed by atoms with E-state index < -0.39 is 29.6 Å². The average Bonchev–Trinajstić information content (AvgIpc) is 2.71. The highest BCUT2D eigenvalue weighted by Crippen LogP contribution is 2.17. The summed E-state index contributed by atoms with van der Waals surface area (Å²) in [7, 11) is 1.36. The smallest absolute Gasteiger partial charge is 0.330 e. The number of nitrogen functional groups attached to an aromatic ring is 1. The molecule has 9 heteroatoms. The highest BCUT2D eigenvalue weighted by molar-refractivity contribution is 5.96. The molecule has 29 heavy (non-hydrogen) atoms. The second kappa shape index (κ2) is 8.42. The molecule has 0 aliphatic heterocycles. The summed E-state index contributed by atoms with van der Waals surface area (Å²) in [6, 6.07) is 14.2. The molecule has 0 spiro atoms. The predicted molar refractivity (Wildman–Crippen MR) is 107 cm³/mol. The average molecular weight is 398 g/mol. The van der Waals surface area contributed by atoms with Crippen LogP contribution < -0.4 is 26.6 Å². The van der Waals surface area contributed by atoms with Crippen LogP contribution in [0.4, 0.5) is 15.9 Å². The standard InChI is InChI=1S/C20H19FN4O4/c1-24(16(26)12-29-15-9-7-14(21)8-10-15)17-18(22)25(20(28)23-19(17)27)11-13-5-3-2-4-6-13/h2-10H,11-12,22H2,1H3,(H,23,27,28). The molecule has 0 saturated heterocycles. The molecular formula is C20H19FN4O4. The molecule has 8 nitrogen and oxygen atoms in total. The Bertz CT molecular complexity index is 1120. The summed E-state index contributed by atoms with van der Waals surface area (Å²) in [5.41, 5.74) is 5.24. The van der Waals surface area contributed by atoms with Crippen LogP contribution in [0, 0.1) is 5.82 Å². The monoisotopic (exact) mass is 398 g/mol. The van der Waals surface area contributed by atoms with Gasteiger partial charge >= 0.3 is 5.69 Å². The molecule has 1 amide bonds. The van der Waals surface area contributed by atoms with Crippen molar-refractivity contribution in [3.05, 3.63) is 86.8 Å². The number of carbonyl (C=O) groups excluding carboxylic acids is 1. The molecule has 0 saturated carbocycles. The number of nitrogens with zero attached hydrogens (tertiary/aromatic N) is 2. The number of amides is 1. The fraction of sp³-hybridized carbons (Fsp3) is 0.150. The second-order valence-electron chi connectivity index (χ2n) is 6.26. The van der Waals surface area contributed by atoms with Crippen LogP contribution in [0.2, 0.25) is 0 Å². The molecule has 3 aromatic rings. The summed E-state index contributed by atoms with van der Waals surface area (Å²) < 4.78 is 19.4. The van der Waals surface area contributed by atoms with Crippen molar-refractivity contribution in [1.82, 2.24) is 9.55 Å². The Kier molecular flexibility index (Phi) is 5.77. The summed E-state index contributed by atoms with van der Waals surface area (Å²) in [4.78, 5) is 40.2. The highest BCUT2D eigenvalue weighted by Gasteiger charge is 2.21.